The Bertz CT molecular complexity index is 562. The van der Waals surface area contributed by atoms with Crippen molar-refractivity contribution in [3.8, 4) is 0 Å². The summed E-state index contributed by atoms with van der Waals surface area (Å²) in [6.07, 6.45) is 0. The lowest BCUT2D eigenvalue weighted by Gasteiger charge is -2.04. The van der Waals surface area contributed by atoms with E-state index >= 15 is 0 Å². The Morgan fingerprint density at radius 3 is 2.76 bits per heavy atom. The number of carbonyl (C=O) groups excluding carboxylic acids is 1. The van der Waals surface area contributed by atoms with Crippen molar-refractivity contribution in [2.75, 3.05) is 5.32 Å². The van der Waals surface area contributed by atoms with Crippen molar-refractivity contribution in [3.63, 3.8) is 0 Å². The van der Waals surface area contributed by atoms with Gasteiger partial charge in [0.25, 0.3) is 5.91 Å². The third-order valence-corrected chi connectivity index (χ3v) is 3.04. The fraction of sp³-hybridized carbons (Fsp3) is 0. The highest BCUT2D eigenvalue weighted by molar-refractivity contribution is 7.13. The largest absolute Gasteiger partial charge is 0.296 e. The molecule has 0 atom stereocenters. The first-order chi connectivity index (χ1) is 8.08. The maximum Gasteiger partial charge on any atom is 0.259 e. The molecule has 1 N–H and O–H groups in total. The van der Waals surface area contributed by atoms with Crippen molar-refractivity contribution in [2.45, 2.75) is 0 Å². The van der Waals surface area contributed by atoms with Crippen LogP contribution in [0.5, 0.6) is 0 Å². The van der Waals surface area contributed by atoms with E-state index < -0.39 is 11.7 Å². The van der Waals surface area contributed by atoms with Gasteiger partial charge in [-0.3, -0.25) is 10.1 Å². The number of nitrogens with one attached hydrogen (secondary N) is 1. The van der Waals surface area contributed by atoms with Gasteiger partial charge in [0.2, 0.25) is 5.13 Å². The molecule has 1 heterocycles. The maximum atomic E-state index is 13.2. The molecule has 88 valence electrons. The first-order valence-electron chi connectivity index (χ1n) is 4.30. The molecule has 0 unspecified atom stereocenters. The molecule has 0 aliphatic heterocycles. The number of amides is 1. The van der Waals surface area contributed by atoms with Crippen LogP contribution >= 0.6 is 34.5 Å². The fourth-order valence-corrected chi connectivity index (χ4v) is 2.00. The number of anilines is 1. The van der Waals surface area contributed by atoms with E-state index in [2.05, 4.69) is 15.5 Å². The number of hydrogen-bond donors (Lipinski definition) is 1. The van der Waals surface area contributed by atoms with E-state index in [0.29, 0.717) is 5.13 Å². The van der Waals surface area contributed by atoms with Gasteiger partial charge in [0.05, 0.1) is 15.6 Å². The van der Waals surface area contributed by atoms with Crippen LogP contribution in [0.3, 0.4) is 0 Å². The molecule has 4 nitrogen and oxygen atoms in total. The molecule has 0 saturated heterocycles. The summed E-state index contributed by atoms with van der Waals surface area (Å²) in [5.74, 6) is -1.28. The molecule has 1 aromatic carbocycles. The molecule has 1 aromatic heterocycles. The van der Waals surface area contributed by atoms with Gasteiger partial charge in [-0.1, -0.05) is 34.5 Å². The SMILES string of the molecule is O=C(Nc1nncs1)c1cc(F)c(Cl)cc1Cl. The molecule has 0 fully saturated rings. The molecule has 0 bridgehead atoms. The van der Waals surface area contributed by atoms with E-state index in [9.17, 15) is 9.18 Å². The summed E-state index contributed by atoms with van der Waals surface area (Å²) in [5.41, 5.74) is 1.45. The summed E-state index contributed by atoms with van der Waals surface area (Å²) in [6, 6.07) is 2.15. The van der Waals surface area contributed by atoms with Gasteiger partial charge in [-0.2, -0.15) is 0 Å². The normalized spacial score (nSPS) is 10.3. The average Bonchev–Trinajstić information content (AvgIpc) is 2.76. The lowest BCUT2D eigenvalue weighted by Crippen LogP contribution is -2.12. The standard InChI is InChI=1S/C9H4Cl2FN3OS/c10-5-2-6(11)7(12)1-4(5)8(16)14-9-15-13-3-17-9/h1-3H,(H,14,15,16). The molecule has 0 spiro atoms. The Hall–Kier alpha value is -1.24. The minimum absolute atomic E-state index is 0.0104. The number of nitrogens with zero attached hydrogens (tertiary/aromatic N) is 2. The highest BCUT2D eigenvalue weighted by Crippen LogP contribution is 2.25. The third kappa shape index (κ3) is 2.71. The Morgan fingerprint density at radius 1 is 1.35 bits per heavy atom. The molecule has 0 saturated carbocycles. The Kier molecular flexibility index (Phi) is 3.56. The molecule has 1 amide bonds. The summed E-state index contributed by atoms with van der Waals surface area (Å²) < 4.78 is 13.2. The van der Waals surface area contributed by atoms with Crippen LogP contribution in [0.4, 0.5) is 9.52 Å². The van der Waals surface area contributed by atoms with E-state index in [1.807, 2.05) is 0 Å². The van der Waals surface area contributed by atoms with Gasteiger partial charge in [-0.15, -0.1) is 10.2 Å². The quantitative estimate of drug-likeness (QED) is 0.864. The number of aromatic nitrogens is 2. The Labute approximate surface area is 109 Å². The van der Waals surface area contributed by atoms with Crippen molar-refractivity contribution in [1.29, 1.82) is 0 Å². The summed E-state index contributed by atoms with van der Waals surface area (Å²) in [6.45, 7) is 0. The van der Waals surface area contributed by atoms with Gasteiger partial charge in [0, 0.05) is 0 Å². The van der Waals surface area contributed by atoms with Gasteiger partial charge < -0.3 is 0 Å². The monoisotopic (exact) mass is 291 g/mol. The molecule has 2 aromatic rings. The van der Waals surface area contributed by atoms with Crippen LogP contribution in [-0.4, -0.2) is 16.1 Å². The van der Waals surface area contributed by atoms with Crippen LogP contribution in [0.25, 0.3) is 0 Å². The first kappa shape index (κ1) is 12.2. The number of hydrogen-bond acceptors (Lipinski definition) is 4. The number of halogens is 3. The van der Waals surface area contributed by atoms with Crippen LogP contribution in [0.2, 0.25) is 10.0 Å². The molecular formula is C9H4Cl2FN3OS. The zero-order valence-corrected chi connectivity index (χ0v) is 10.4. The molecule has 8 heteroatoms. The second-order valence-electron chi connectivity index (χ2n) is 2.94. The minimum Gasteiger partial charge on any atom is -0.296 e. The predicted octanol–water partition coefficient (Wildman–Crippen LogP) is 3.24. The van der Waals surface area contributed by atoms with Crippen molar-refractivity contribution in [1.82, 2.24) is 10.2 Å². The summed E-state index contributed by atoms with van der Waals surface area (Å²) in [7, 11) is 0. The van der Waals surface area contributed by atoms with Gasteiger partial charge >= 0.3 is 0 Å². The van der Waals surface area contributed by atoms with E-state index in [0.717, 1.165) is 17.4 Å². The number of carbonyl (C=O) groups is 1. The van der Waals surface area contributed by atoms with E-state index in [1.54, 1.807) is 0 Å². The van der Waals surface area contributed by atoms with Gasteiger partial charge in [-0.05, 0) is 12.1 Å². The number of benzene rings is 1. The molecule has 17 heavy (non-hydrogen) atoms. The second kappa shape index (κ2) is 4.95. The zero-order valence-electron chi connectivity index (χ0n) is 8.08. The summed E-state index contributed by atoms with van der Waals surface area (Å²) in [4.78, 5) is 11.7. The first-order valence-corrected chi connectivity index (χ1v) is 5.93. The van der Waals surface area contributed by atoms with Crippen molar-refractivity contribution in [3.05, 3.63) is 39.1 Å². The molecule has 2 rings (SSSR count). The fourth-order valence-electron chi connectivity index (χ4n) is 1.09. The second-order valence-corrected chi connectivity index (χ2v) is 4.59. The maximum absolute atomic E-state index is 13.2. The molecule has 0 aliphatic rings. The van der Waals surface area contributed by atoms with Crippen molar-refractivity contribution in [2.24, 2.45) is 0 Å². The Balaban J connectivity index is 2.28. The van der Waals surface area contributed by atoms with Crippen LogP contribution < -0.4 is 5.32 Å². The third-order valence-electron chi connectivity index (χ3n) is 1.84. The zero-order chi connectivity index (χ0) is 12.4. The van der Waals surface area contributed by atoms with Crippen LogP contribution in [0.1, 0.15) is 10.4 Å². The van der Waals surface area contributed by atoms with Gasteiger partial charge in [0.15, 0.2) is 0 Å². The summed E-state index contributed by atoms with van der Waals surface area (Å²) >= 11 is 12.5. The molecule has 0 radical (unpaired) electrons. The van der Waals surface area contributed by atoms with Crippen molar-refractivity contribution >= 4 is 45.6 Å². The van der Waals surface area contributed by atoms with Crippen LogP contribution in [0.15, 0.2) is 17.6 Å². The predicted molar refractivity (Wildman–Crippen MR) is 64.3 cm³/mol. The smallest absolute Gasteiger partial charge is 0.259 e. The van der Waals surface area contributed by atoms with Gasteiger partial charge in [0.1, 0.15) is 11.3 Å². The van der Waals surface area contributed by atoms with E-state index in [1.165, 1.54) is 11.6 Å². The lowest BCUT2D eigenvalue weighted by molar-refractivity contribution is 0.102. The van der Waals surface area contributed by atoms with Crippen molar-refractivity contribution < 1.29 is 9.18 Å². The summed E-state index contributed by atoms with van der Waals surface area (Å²) in [5, 5.41) is 9.85. The molecular weight excluding hydrogens is 288 g/mol. The molecule has 0 aliphatic carbocycles. The lowest BCUT2D eigenvalue weighted by atomic mass is 10.2. The Morgan fingerprint density at radius 2 is 2.12 bits per heavy atom. The highest BCUT2D eigenvalue weighted by Gasteiger charge is 2.15. The van der Waals surface area contributed by atoms with E-state index in [4.69, 9.17) is 23.2 Å². The highest BCUT2D eigenvalue weighted by atomic mass is 35.5. The average molecular weight is 292 g/mol. The van der Waals surface area contributed by atoms with Gasteiger partial charge in [-0.25, -0.2) is 4.39 Å². The van der Waals surface area contributed by atoms with E-state index in [-0.39, 0.29) is 15.6 Å². The minimum atomic E-state index is -0.710. The van der Waals surface area contributed by atoms with Crippen LogP contribution in [0, 0.1) is 5.82 Å². The topological polar surface area (TPSA) is 54.9 Å². The number of rotatable bonds is 2. The van der Waals surface area contributed by atoms with Crippen LogP contribution in [-0.2, 0) is 0 Å².